The summed E-state index contributed by atoms with van der Waals surface area (Å²) in [6, 6.07) is 12.5. The number of anilines is 2. The molecular formula is C22H22N4OS2. The van der Waals surface area contributed by atoms with Crippen molar-refractivity contribution in [2.24, 2.45) is 5.92 Å². The first-order chi connectivity index (χ1) is 14.1. The number of hydrogen-bond acceptors (Lipinski definition) is 6. The molecule has 1 aliphatic rings. The first-order valence-electron chi connectivity index (χ1n) is 9.86. The first-order valence-corrected chi connectivity index (χ1v) is 11.5. The van der Waals surface area contributed by atoms with Crippen LogP contribution in [0.15, 0.2) is 36.4 Å². The van der Waals surface area contributed by atoms with Crippen LogP contribution in [0.1, 0.15) is 24.0 Å². The maximum atomic E-state index is 12.8. The Labute approximate surface area is 177 Å². The van der Waals surface area contributed by atoms with Crippen molar-refractivity contribution in [3.05, 3.63) is 47.5 Å². The predicted molar refractivity (Wildman–Crippen MR) is 122 cm³/mol. The van der Waals surface area contributed by atoms with E-state index in [1.807, 2.05) is 25.1 Å². The molecule has 1 amide bonds. The van der Waals surface area contributed by atoms with Crippen molar-refractivity contribution in [2.75, 3.05) is 23.3 Å². The lowest BCUT2D eigenvalue weighted by molar-refractivity contribution is -0.120. The molecule has 0 radical (unpaired) electrons. The van der Waals surface area contributed by atoms with Crippen LogP contribution in [-0.4, -0.2) is 29.0 Å². The molecule has 1 aliphatic heterocycles. The van der Waals surface area contributed by atoms with Crippen LogP contribution in [-0.2, 0) is 4.79 Å². The number of nitrogens with one attached hydrogen (secondary N) is 1. The molecule has 5 nitrogen and oxygen atoms in total. The highest BCUT2D eigenvalue weighted by atomic mass is 32.1. The Hall–Kier alpha value is -2.51. The fourth-order valence-electron chi connectivity index (χ4n) is 3.84. The third-order valence-electron chi connectivity index (χ3n) is 5.52. The molecule has 0 atom stereocenters. The van der Waals surface area contributed by atoms with Gasteiger partial charge in [0.15, 0.2) is 10.3 Å². The van der Waals surface area contributed by atoms with Gasteiger partial charge >= 0.3 is 0 Å². The quantitative estimate of drug-likeness (QED) is 0.482. The number of rotatable bonds is 3. The first kappa shape index (κ1) is 18.5. The van der Waals surface area contributed by atoms with Crippen molar-refractivity contribution < 1.29 is 4.79 Å². The largest absolute Gasteiger partial charge is 0.348 e. The van der Waals surface area contributed by atoms with Crippen LogP contribution < -0.4 is 10.2 Å². The van der Waals surface area contributed by atoms with Gasteiger partial charge in [-0.05, 0) is 56.0 Å². The van der Waals surface area contributed by atoms with E-state index in [0.29, 0.717) is 5.13 Å². The molecule has 0 aliphatic carbocycles. The van der Waals surface area contributed by atoms with E-state index in [1.165, 1.54) is 10.3 Å². The minimum absolute atomic E-state index is 0.0241. The monoisotopic (exact) mass is 422 g/mol. The molecule has 0 bridgehead atoms. The number of aryl methyl sites for hydroxylation is 2. The summed E-state index contributed by atoms with van der Waals surface area (Å²) in [6.07, 6.45) is 1.68. The highest BCUT2D eigenvalue weighted by Gasteiger charge is 2.27. The Morgan fingerprint density at radius 2 is 1.90 bits per heavy atom. The highest BCUT2D eigenvalue weighted by molar-refractivity contribution is 7.22. The number of thiazole rings is 2. The van der Waals surface area contributed by atoms with Gasteiger partial charge in [-0.15, -0.1) is 0 Å². The number of fused-ring (bicyclic) bond motifs is 2. The van der Waals surface area contributed by atoms with E-state index >= 15 is 0 Å². The molecule has 1 N–H and O–H groups in total. The van der Waals surface area contributed by atoms with E-state index in [9.17, 15) is 4.79 Å². The third kappa shape index (κ3) is 3.60. The van der Waals surface area contributed by atoms with Crippen molar-refractivity contribution in [3.63, 3.8) is 0 Å². The van der Waals surface area contributed by atoms with Crippen LogP contribution in [0.3, 0.4) is 0 Å². The topological polar surface area (TPSA) is 58.1 Å². The summed E-state index contributed by atoms with van der Waals surface area (Å²) in [6.45, 7) is 5.87. The molecule has 4 aromatic rings. The van der Waals surface area contributed by atoms with Crippen LogP contribution in [0.5, 0.6) is 0 Å². The maximum absolute atomic E-state index is 12.8. The summed E-state index contributed by atoms with van der Waals surface area (Å²) in [7, 11) is 0. The van der Waals surface area contributed by atoms with Gasteiger partial charge in [-0.3, -0.25) is 4.79 Å². The fourth-order valence-corrected chi connectivity index (χ4v) is 5.90. The van der Waals surface area contributed by atoms with Gasteiger partial charge in [-0.2, -0.15) is 0 Å². The second kappa shape index (κ2) is 7.39. The lowest BCUT2D eigenvalue weighted by Gasteiger charge is -2.30. The van der Waals surface area contributed by atoms with Gasteiger partial charge in [0.05, 0.1) is 20.4 Å². The van der Waals surface area contributed by atoms with Gasteiger partial charge in [-0.1, -0.05) is 40.9 Å². The van der Waals surface area contributed by atoms with E-state index in [2.05, 4.69) is 40.3 Å². The summed E-state index contributed by atoms with van der Waals surface area (Å²) in [4.78, 5) is 24.5. The van der Waals surface area contributed by atoms with Gasteiger partial charge < -0.3 is 10.2 Å². The summed E-state index contributed by atoms with van der Waals surface area (Å²) in [5.74, 6) is 0.109. The Morgan fingerprint density at radius 3 is 2.69 bits per heavy atom. The number of piperidine rings is 1. The van der Waals surface area contributed by atoms with Gasteiger partial charge in [0, 0.05) is 19.0 Å². The number of hydrogen-bond donors (Lipinski definition) is 1. The van der Waals surface area contributed by atoms with E-state index < -0.39 is 0 Å². The van der Waals surface area contributed by atoms with Crippen molar-refractivity contribution in [1.29, 1.82) is 0 Å². The summed E-state index contributed by atoms with van der Waals surface area (Å²) in [5, 5.41) is 4.81. The zero-order valence-electron chi connectivity index (χ0n) is 16.4. The van der Waals surface area contributed by atoms with E-state index in [1.54, 1.807) is 22.7 Å². The second-order valence-electron chi connectivity index (χ2n) is 7.66. The van der Waals surface area contributed by atoms with Gasteiger partial charge in [-0.25, -0.2) is 9.97 Å². The van der Waals surface area contributed by atoms with Crippen molar-refractivity contribution in [3.8, 4) is 0 Å². The molecule has 2 aromatic heterocycles. The zero-order valence-corrected chi connectivity index (χ0v) is 18.1. The summed E-state index contributed by atoms with van der Waals surface area (Å²) >= 11 is 3.28. The van der Waals surface area contributed by atoms with E-state index in [4.69, 9.17) is 4.98 Å². The summed E-state index contributed by atoms with van der Waals surface area (Å²) in [5.41, 5.74) is 4.43. The lowest BCUT2D eigenvalue weighted by Crippen LogP contribution is -2.38. The zero-order chi connectivity index (χ0) is 20.0. The Balaban J connectivity index is 1.24. The molecule has 0 spiro atoms. The third-order valence-corrected chi connectivity index (χ3v) is 7.53. The minimum Gasteiger partial charge on any atom is -0.348 e. The van der Waals surface area contributed by atoms with Crippen LogP contribution >= 0.6 is 22.7 Å². The number of nitrogens with zero attached hydrogens (tertiary/aromatic N) is 3. The van der Waals surface area contributed by atoms with E-state index in [0.717, 1.165) is 52.4 Å². The van der Waals surface area contributed by atoms with Gasteiger partial charge in [0.1, 0.15) is 0 Å². The van der Waals surface area contributed by atoms with Gasteiger partial charge in [0.25, 0.3) is 0 Å². The molecule has 148 valence electrons. The Bertz CT molecular complexity index is 1200. The standard InChI is InChI=1S/C22H22N4OS2/c1-13-6-7-16-18(12-13)29-22(23-16)26-10-8-15(9-11-26)20(27)25-21-24-19-14(2)4-3-5-17(19)28-21/h3-7,12,15H,8-11H2,1-2H3,(H,24,25,27). The highest BCUT2D eigenvalue weighted by Crippen LogP contribution is 2.33. The van der Waals surface area contributed by atoms with Crippen molar-refractivity contribution >= 4 is 59.3 Å². The molecule has 29 heavy (non-hydrogen) atoms. The van der Waals surface area contributed by atoms with Crippen LogP contribution in [0, 0.1) is 19.8 Å². The smallest absolute Gasteiger partial charge is 0.229 e. The Kier molecular flexibility index (Phi) is 4.72. The minimum atomic E-state index is 0.0241. The molecule has 0 unspecified atom stereocenters. The molecule has 2 aromatic carbocycles. The average molecular weight is 423 g/mol. The lowest BCUT2D eigenvalue weighted by atomic mass is 9.96. The van der Waals surface area contributed by atoms with Gasteiger partial charge in [0.2, 0.25) is 5.91 Å². The maximum Gasteiger partial charge on any atom is 0.229 e. The fraction of sp³-hybridized carbons (Fsp3) is 0.318. The molecule has 7 heteroatoms. The van der Waals surface area contributed by atoms with Crippen LogP contribution in [0.2, 0.25) is 0 Å². The van der Waals surface area contributed by atoms with Crippen molar-refractivity contribution in [2.45, 2.75) is 26.7 Å². The SMILES string of the molecule is Cc1ccc2nc(N3CCC(C(=O)Nc4nc5c(C)cccc5s4)CC3)sc2c1. The number of carbonyl (C=O) groups is 1. The average Bonchev–Trinajstić information content (AvgIpc) is 3.32. The molecule has 5 rings (SSSR count). The molecule has 1 saturated heterocycles. The van der Waals surface area contributed by atoms with Crippen molar-refractivity contribution in [1.82, 2.24) is 9.97 Å². The Morgan fingerprint density at radius 1 is 1.07 bits per heavy atom. The molecular weight excluding hydrogens is 400 g/mol. The number of amides is 1. The molecule has 0 saturated carbocycles. The number of para-hydroxylation sites is 1. The number of carbonyl (C=O) groups excluding carboxylic acids is 1. The van der Waals surface area contributed by atoms with E-state index in [-0.39, 0.29) is 11.8 Å². The molecule has 3 heterocycles. The number of aromatic nitrogens is 2. The van der Waals surface area contributed by atoms with Crippen LogP contribution in [0.4, 0.5) is 10.3 Å². The second-order valence-corrected chi connectivity index (χ2v) is 9.70. The van der Waals surface area contributed by atoms with Crippen LogP contribution in [0.25, 0.3) is 20.4 Å². The number of benzene rings is 2. The predicted octanol–water partition coefficient (Wildman–Crippen LogP) is 5.38. The summed E-state index contributed by atoms with van der Waals surface area (Å²) < 4.78 is 2.34. The molecule has 1 fully saturated rings. The normalized spacial score (nSPS) is 15.3.